The standard InChI is InChI=1S/C22H16B2ClF2N3O4/c23-17(29-21(34)22(26,27)11-2-4-12(25)5-3-11)10-1-6-13-14(9-10)18(24)30(20(13)33)15-7-8-16(31)28-19(15)32/h1-6,9,15,17-18H,7-8H2,(H,29,34)(H,28,31,32). The first-order valence-corrected chi connectivity index (χ1v) is 10.6. The van der Waals surface area contributed by atoms with E-state index in [9.17, 15) is 28.0 Å². The molecule has 2 N–H and O–H groups in total. The van der Waals surface area contributed by atoms with Crippen molar-refractivity contribution in [3.05, 3.63) is 69.7 Å². The Hall–Kier alpha value is -3.20. The van der Waals surface area contributed by atoms with Crippen LogP contribution in [-0.2, 0) is 20.3 Å². The molecule has 2 heterocycles. The number of carbonyl (C=O) groups excluding carboxylic acids is 4. The first kappa shape index (κ1) is 23.9. The Morgan fingerprint density at radius 1 is 1.18 bits per heavy atom. The van der Waals surface area contributed by atoms with Gasteiger partial charge in [0.15, 0.2) is 0 Å². The Kier molecular flexibility index (Phi) is 6.24. The van der Waals surface area contributed by atoms with Crippen LogP contribution in [0.5, 0.6) is 0 Å². The number of amides is 4. The molecule has 2 aromatic rings. The monoisotopic (exact) mass is 481 g/mol. The van der Waals surface area contributed by atoms with Crippen molar-refractivity contribution in [1.82, 2.24) is 15.5 Å². The van der Waals surface area contributed by atoms with Crippen molar-refractivity contribution < 1.29 is 28.0 Å². The highest BCUT2D eigenvalue weighted by Gasteiger charge is 2.44. The second-order valence-electron chi connectivity index (χ2n) is 8.00. The summed E-state index contributed by atoms with van der Waals surface area (Å²) in [6.45, 7) is 0. The van der Waals surface area contributed by atoms with Crippen molar-refractivity contribution in [3.8, 4) is 0 Å². The van der Waals surface area contributed by atoms with E-state index in [2.05, 4.69) is 10.6 Å². The highest BCUT2D eigenvalue weighted by molar-refractivity contribution is 6.30. The second-order valence-corrected chi connectivity index (χ2v) is 8.44. The van der Waals surface area contributed by atoms with Gasteiger partial charge in [-0.15, -0.1) is 0 Å². The van der Waals surface area contributed by atoms with Gasteiger partial charge in [-0.3, -0.25) is 24.5 Å². The molecule has 170 valence electrons. The van der Waals surface area contributed by atoms with Gasteiger partial charge < -0.3 is 10.2 Å². The Morgan fingerprint density at radius 2 is 1.85 bits per heavy atom. The fraction of sp³-hybridized carbons (Fsp3) is 0.273. The predicted octanol–water partition coefficient (Wildman–Crippen LogP) is 1.84. The van der Waals surface area contributed by atoms with E-state index >= 15 is 0 Å². The van der Waals surface area contributed by atoms with Gasteiger partial charge in [-0.2, -0.15) is 8.78 Å². The Bertz CT molecular complexity index is 1200. The van der Waals surface area contributed by atoms with Crippen LogP contribution < -0.4 is 10.6 Å². The Labute approximate surface area is 201 Å². The summed E-state index contributed by atoms with van der Waals surface area (Å²) in [6, 6.07) is 7.87. The van der Waals surface area contributed by atoms with E-state index < -0.39 is 53.0 Å². The molecule has 2 aliphatic rings. The van der Waals surface area contributed by atoms with E-state index in [1.165, 1.54) is 35.2 Å². The predicted molar refractivity (Wildman–Crippen MR) is 119 cm³/mol. The maximum Gasteiger partial charge on any atom is 0.349 e. The average Bonchev–Trinajstić information content (AvgIpc) is 3.04. The lowest BCUT2D eigenvalue weighted by atomic mass is 9.82. The first-order chi connectivity index (χ1) is 16.0. The van der Waals surface area contributed by atoms with Crippen molar-refractivity contribution in [2.24, 2.45) is 0 Å². The van der Waals surface area contributed by atoms with Gasteiger partial charge in [0.25, 0.3) is 11.8 Å². The maximum absolute atomic E-state index is 14.6. The summed E-state index contributed by atoms with van der Waals surface area (Å²) in [6.07, 6.45) is 0.188. The summed E-state index contributed by atoms with van der Waals surface area (Å²) in [5, 5.41) is 4.49. The smallest absolute Gasteiger partial charge is 0.349 e. The number of halogens is 3. The lowest BCUT2D eigenvalue weighted by Gasteiger charge is -2.33. The van der Waals surface area contributed by atoms with Crippen LogP contribution in [0.25, 0.3) is 0 Å². The van der Waals surface area contributed by atoms with Gasteiger partial charge in [0.05, 0.1) is 0 Å². The molecule has 3 unspecified atom stereocenters. The summed E-state index contributed by atoms with van der Waals surface area (Å²) >= 11 is 5.71. The number of nitrogens with one attached hydrogen (secondary N) is 2. The van der Waals surface area contributed by atoms with E-state index in [0.29, 0.717) is 5.56 Å². The summed E-state index contributed by atoms with van der Waals surface area (Å²) in [7, 11) is 12.2. The Morgan fingerprint density at radius 3 is 2.50 bits per heavy atom. The normalized spacial score (nSPS) is 21.1. The van der Waals surface area contributed by atoms with Crippen LogP contribution in [0.4, 0.5) is 8.78 Å². The summed E-state index contributed by atoms with van der Waals surface area (Å²) in [5.74, 6) is -9.40. The molecule has 12 heteroatoms. The molecule has 0 aliphatic carbocycles. The van der Waals surface area contributed by atoms with Crippen LogP contribution in [0.2, 0.25) is 5.02 Å². The van der Waals surface area contributed by atoms with Crippen LogP contribution >= 0.6 is 11.6 Å². The van der Waals surface area contributed by atoms with Gasteiger partial charge in [-0.1, -0.05) is 35.9 Å². The fourth-order valence-electron chi connectivity index (χ4n) is 4.02. The summed E-state index contributed by atoms with van der Waals surface area (Å²) in [5.41, 5.74) is 0.211. The fourth-order valence-corrected chi connectivity index (χ4v) is 4.14. The zero-order valence-corrected chi connectivity index (χ0v) is 18.3. The van der Waals surface area contributed by atoms with E-state index in [4.69, 9.17) is 27.3 Å². The van der Waals surface area contributed by atoms with Gasteiger partial charge in [0, 0.05) is 34.5 Å². The highest BCUT2D eigenvalue weighted by Crippen LogP contribution is 2.36. The van der Waals surface area contributed by atoms with Gasteiger partial charge in [-0.25, -0.2) is 0 Å². The molecule has 4 radical (unpaired) electrons. The molecule has 7 nitrogen and oxygen atoms in total. The molecule has 0 aromatic heterocycles. The van der Waals surface area contributed by atoms with E-state index in [1.807, 2.05) is 0 Å². The van der Waals surface area contributed by atoms with Gasteiger partial charge in [0.2, 0.25) is 11.8 Å². The lowest BCUT2D eigenvalue weighted by Crippen LogP contribution is -2.53. The summed E-state index contributed by atoms with van der Waals surface area (Å²) < 4.78 is 29.1. The number of hydrogen-bond donors (Lipinski definition) is 2. The molecule has 2 aliphatic heterocycles. The third-order valence-corrected chi connectivity index (χ3v) is 6.09. The minimum Gasteiger partial charge on any atom is -0.352 e. The molecule has 34 heavy (non-hydrogen) atoms. The topological polar surface area (TPSA) is 95.6 Å². The molecule has 3 atom stereocenters. The van der Waals surface area contributed by atoms with Crippen molar-refractivity contribution in [2.75, 3.05) is 0 Å². The zero-order valence-electron chi connectivity index (χ0n) is 17.6. The zero-order chi connectivity index (χ0) is 24.8. The number of fused-ring (bicyclic) bond motifs is 1. The Balaban J connectivity index is 1.52. The summed E-state index contributed by atoms with van der Waals surface area (Å²) in [4.78, 5) is 50.0. The molecular formula is C22H16B2ClF2N3O4. The number of nitrogens with zero attached hydrogens (tertiary/aromatic N) is 1. The highest BCUT2D eigenvalue weighted by atomic mass is 35.5. The first-order valence-electron chi connectivity index (χ1n) is 10.3. The SMILES string of the molecule is [B]C(NC(=O)C(F)(F)c1ccc(Cl)cc1)c1ccc2c(c1)C([B])N(C1CCC(=O)NC1=O)C2=O. The van der Waals surface area contributed by atoms with Gasteiger partial charge in [0.1, 0.15) is 21.7 Å². The molecule has 4 amide bonds. The van der Waals surface area contributed by atoms with E-state index in [-0.39, 0.29) is 29.0 Å². The number of alkyl halides is 2. The molecule has 0 saturated carbocycles. The molecular weight excluding hydrogens is 465 g/mol. The van der Waals surface area contributed by atoms with E-state index in [0.717, 1.165) is 12.1 Å². The number of benzene rings is 2. The van der Waals surface area contributed by atoms with Crippen LogP contribution in [0.1, 0.15) is 51.8 Å². The average molecular weight is 481 g/mol. The molecule has 0 spiro atoms. The molecule has 1 fully saturated rings. The minimum atomic E-state index is -3.87. The quantitative estimate of drug-likeness (QED) is 0.503. The molecule has 4 rings (SSSR count). The number of piperidine rings is 1. The second kappa shape index (κ2) is 8.87. The number of hydrogen-bond acceptors (Lipinski definition) is 4. The van der Waals surface area contributed by atoms with Crippen molar-refractivity contribution in [2.45, 2.75) is 36.7 Å². The third kappa shape index (κ3) is 4.20. The van der Waals surface area contributed by atoms with Crippen molar-refractivity contribution in [3.63, 3.8) is 0 Å². The maximum atomic E-state index is 14.6. The van der Waals surface area contributed by atoms with Gasteiger partial charge >= 0.3 is 5.92 Å². The van der Waals surface area contributed by atoms with Gasteiger partial charge in [-0.05, 0) is 35.7 Å². The van der Waals surface area contributed by atoms with Crippen molar-refractivity contribution >= 4 is 50.9 Å². The lowest BCUT2D eigenvalue weighted by molar-refractivity contribution is -0.147. The van der Waals surface area contributed by atoms with Crippen LogP contribution in [0.15, 0.2) is 42.5 Å². The van der Waals surface area contributed by atoms with Crippen LogP contribution in [0.3, 0.4) is 0 Å². The third-order valence-electron chi connectivity index (χ3n) is 5.84. The number of imide groups is 1. The van der Waals surface area contributed by atoms with E-state index in [1.54, 1.807) is 0 Å². The number of rotatable bonds is 5. The van der Waals surface area contributed by atoms with Crippen LogP contribution in [-0.4, -0.2) is 50.3 Å². The number of carbonyl (C=O) groups is 4. The minimum absolute atomic E-state index is 0.0627. The molecule has 1 saturated heterocycles. The van der Waals surface area contributed by atoms with Crippen molar-refractivity contribution in [1.29, 1.82) is 0 Å². The van der Waals surface area contributed by atoms with Crippen LogP contribution in [0, 0.1) is 0 Å². The largest absolute Gasteiger partial charge is 0.352 e. The molecule has 2 aromatic carbocycles. The molecule has 0 bridgehead atoms.